The van der Waals surface area contributed by atoms with Gasteiger partial charge < -0.3 is 20.5 Å². The first kappa shape index (κ1) is 20.4. The fourth-order valence-corrected chi connectivity index (χ4v) is 1.76. The molecule has 0 aliphatic heterocycles. The molecule has 1 atom stereocenters. The highest BCUT2D eigenvalue weighted by molar-refractivity contribution is 5.87. The maximum Gasteiger partial charge on any atom is 0.239 e. The lowest BCUT2D eigenvalue weighted by Crippen LogP contribution is -2.41. The Kier molecular flexibility index (Phi) is 8.69. The number of fused-ring (bicyclic) bond motifs is 1. The smallest absolute Gasteiger partial charge is 0.239 e. The SMILES string of the molecule is CNC(C)CNC(=O)CN(C)c1ncnc2nc[nH]c12.Cl.Cl. The van der Waals surface area contributed by atoms with E-state index in [-0.39, 0.29) is 43.3 Å². The number of amides is 1. The van der Waals surface area contributed by atoms with Crippen molar-refractivity contribution in [3.8, 4) is 0 Å². The van der Waals surface area contributed by atoms with E-state index in [1.807, 2.05) is 21.0 Å². The first-order valence-electron chi connectivity index (χ1n) is 6.41. The van der Waals surface area contributed by atoms with Crippen LogP contribution in [-0.4, -0.2) is 59.1 Å². The van der Waals surface area contributed by atoms with Crippen molar-refractivity contribution in [3.63, 3.8) is 0 Å². The van der Waals surface area contributed by atoms with Gasteiger partial charge in [-0.1, -0.05) is 0 Å². The number of carbonyl (C=O) groups is 1. The number of aromatic amines is 1. The Balaban J connectivity index is 0.00000220. The van der Waals surface area contributed by atoms with Gasteiger partial charge in [0.15, 0.2) is 11.5 Å². The molecule has 8 nitrogen and oxygen atoms in total. The van der Waals surface area contributed by atoms with Gasteiger partial charge in [-0.15, -0.1) is 24.8 Å². The lowest BCUT2D eigenvalue weighted by molar-refractivity contribution is -0.119. The minimum atomic E-state index is -0.0547. The van der Waals surface area contributed by atoms with Gasteiger partial charge in [-0.05, 0) is 14.0 Å². The summed E-state index contributed by atoms with van der Waals surface area (Å²) in [6, 6.07) is 0.239. The van der Waals surface area contributed by atoms with Crippen molar-refractivity contribution in [2.24, 2.45) is 0 Å². The van der Waals surface area contributed by atoms with Crippen LogP contribution in [0.15, 0.2) is 12.7 Å². The zero-order valence-corrected chi connectivity index (χ0v) is 14.3. The van der Waals surface area contributed by atoms with E-state index < -0.39 is 0 Å². The molecule has 2 aromatic heterocycles. The summed E-state index contributed by atoms with van der Waals surface area (Å²) < 4.78 is 0. The molecule has 0 aliphatic carbocycles. The molecular formula is C12H21Cl2N7O. The van der Waals surface area contributed by atoms with E-state index in [0.717, 1.165) is 5.52 Å². The zero-order valence-electron chi connectivity index (χ0n) is 12.7. The predicted octanol–water partition coefficient (Wildman–Crippen LogP) is 0.357. The molecule has 0 bridgehead atoms. The van der Waals surface area contributed by atoms with Crippen LogP contribution >= 0.6 is 24.8 Å². The van der Waals surface area contributed by atoms with E-state index in [1.165, 1.54) is 6.33 Å². The van der Waals surface area contributed by atoms with Crippen LogP contribution in [0.4, 0.5) is 5.82 Å². The molecule has 2 aromatic rings. The highest BCUT2D eigenvalue weighted by Gasteiger charge is 2.13. The van der Waals surface area contributed by atoms with Crippen LogP contribution < -0.4 is 15.5 Å². The molecule has 1 unspecified atom stereocenters. The van der Waals surface area contributed by atoms with Gasteiger partial charge in [0.1, 0.15) is 11.8 Å². The second-order valence-electron chi connectivity index (χ2n) is 4.65. The quantitative estimate of drug-likeness (QED) is 0.696. The summed E-state index contributed by atoms with van der Waals surface area (Å²) in [6.07, 6.45) is 3.00. The molecule has 2 heterocycles. The van der Waals surface area contributed by atoms with Crippen molar-refractivity contribution in [1.29, 1.82) is 0 Å². The number of anilines is 1. The maximum atomic E-state index is 11.9. The summed E-state index contributed by atoms with van der Waals surface area (Å²) in [5.41, 5.74) is 1.32. The number of imidazole rings is 1. The number of rotatable bonds is 6. The van der Waals surface area contributed by atoms with Gasteiger partial charge in [-0.2, -0.15) is 0 Å². The molecule has 0 saturated carbocycles. The second-order valence-corrected chi connectivity index (χ2v) is 4.65. The number of carbonyl (C=O) groups excluding carboxylic acids is 1. The van der Waals surface area contributed by atoms with Crippen LogP contribution in [0.25, 0.3) is 11.2 Å². The van der Waals surface area contributed by atoms with Crippen LogP contribution in [0.3, 0.4) is 0 Å². The molecule has 1 amide bonds. The van der Waals surface area contributed by atoms with E-state index in [0.29, 0.717) is 18.0 Å². The molecule has 0 fully saturated rings. The summed E-state index contributed by atoms with van der Waals surface area (Å²) >= 11 is 0. The van der Waals surface area contributed by atoms with Crippen molar-refractivity contribution in [2.45, 2.75) is 13.0 Å². The zero-order chi connectivity index (χ0) is 14.5. The lowest BCUT2D eigenvalue weighted by Gasteiger charge is -2.18. The van der Waals surface area contributed by atoms with Gasteiger partial charge in [0.05, 0.1) is 12.9 Å². The summed E-state index contributed by atoms with van der Waals surface area (Å²) in [5.74, 6) is 0.602. The number of hydrogen-bond acceptors (Lipinski definition) is 6. The normalized spacial score (nSPS) is 11.2. The fourth-order valence-electron chi connectivity index (χ4n) is 1.76. The number of likely N-dealkylation sites (N-methyl/N-ethyl adjacent to an activating group) is 2. The minimum absolute atomic E-state index is 0. The van der Waals surface area contributed by atoms with Crippen molar-refractivity contribution >= 4 is 47.7 Å². The van der Waals surface area contributed by atoms with Gasteiger partial charge in [0.25, 0.3) is 0 Å². The summed E-state index contributed by atoms with van der Waals surface area (Å²) in [6.45, 7) is 2.82. The Morgan fingerprint density at radius 3 is 2.77 bits per heavy atom. The Bertz CT molecular complexity index is 592. The van der Waals surface area contributed by atoms with Crippen molar-refractivity contribution in [3.05, 3.63) is 12.7 Å². The molecule has 2 rings (SSSR count). The Morgan fingerprint density at radius 1 is 1.36 bits per heavy atom. The number of nitrogens with zero attached hydrogens (tertiary/aromatic N) is 4. The number of nitrogens with one attached hydrogen (secondary N) is 3. The van der Waals surface area contributed by atoms with E-state index in [9.17, 15) is 4.79 Å². The fraction of sp³-hybridized carbons (Fsp3) is 0.500. The average molecular weight is 350 g/mol. The van der Waals surface area contributed by atoms with Crippen molar-refractivity contribution in [2.75, 3.05) is 32.1 Å². The molecule has 0 saturated heterocycles. The van der Waals surface area contributed by atoms with Gasteiger partial charge in [-0.25, -0.2) is 15.0 Å². The Hall–Kier alpha value is -1.64. The topological polar surface area (TPSA) is 98.8 Å². The van der Waals surface area contributed by atoms with E-state index >= 15 is 0 Å². The van der Waals surface area contributed by atoms with Crippen LogP contribution in [-0.2, 0) is 4.79 Å². The highest BCUT2D eigenvalue weighted by atomic mass is 35.5. The van der Waals surface area contributed by atoms with Crippen molar-refractivity contribution in [1.82, 2.24) is 30.6 Å². The molecule has 3 N–H and O–H groups in total. The first-order chi connectivity index (χ1) is 9.61. The molecule has 0 aliphatic rings. The van der Waals surface area contributed by atoms with Gasteiger partial charge in [0, 0.05) is 19.6 Å². The number of hydrogen-bond donors (Lipinski definition) is 3. The van der Waals surface area contributed by atoms with E-state index in [1.54, 1.807) is 11.2 Å². The molecular weight excluding hydrogens is 329 g/mol. The average Bonchev–Trinajstić information content (AvgIpc) is 2.92. The third-order valence-electron chi connectivity index (χ3n) is 3.04. The van der Waals surface area contributed by atoms with Gasteiger partial charge >= 0.3 is 0 Å². The minimum Gasteiger partial charge on any atom is -0.353 e. The van der Waals surface area contributed by atoms with Crippen LogP contribution in [0, 0.1) is 0 Å². The number of aromatic nitrogens is 4. The molecule has 22 heavy (non-hydrogen) atoms. The summed E-state index contributed by atoms with van der Waals surface area (Å²) in [5, 5.41) is 5.93. The molecule has 0 radical (unpaired) electrons. The maximum absolute atomic E-state index is 11.9. The number of halogens is 2. The Morgan fingerprint density at radius 2 is 2.09 bits per heavy atom. The third-order valence-corrected chi connectivity index (χ3v) is 3.04. The Labute approximate surface area is 141 Å². The molecule has 0 spiro atoms. The molecule has 124 valence electrons. The molecule has 0 aromatic carbocycles. The third kappa shape index (κ3) is 4.97. The summed E-state index contributed by atoms with van der Waals surface area (Å²) in [7, 11) is 3.67. The second kappa shape index (κ2) is 9.39. The van der Waals surface area contributed by atoms with Crippen LogP contribution in [0.2, 0.25) is 0 Å². The number of H-pyrrole nitrogens is 1. The monoisotopic (exact) mass is 349 g/mol. The predicted molar refractivity (Wildman–Crippen MR) is 91.0 cm³/mol. The lowest BCUT2D eigenvalue weighted by atomic mass is 10.3. The van der Waals surface area contributed by atoms with Crippen LogP contribution in [0.1, 0.15) is 6.92 Å². The van der Waals surface area contributed by atoms with Crippen LogP contribution in [0.5, 0.6) is 0 Å². The standard InChI is InChI=1S/C12H19N7O.2ClH/c1-8(13-2)4-14-9(20)5-19(3)12-10-11(16-6-15-10)17-7-18-12;;/h6-8,13H,4-5H2,1-3H3,(H,14,20)(H,15,16,17,18);2*1H. The van der Waals surface area contributed by atoms with E-state index in [2.05, 4.69) is 30.6 Å². The van der Waals surface area contributed by atoms with E-state index in [4.69, 9.17) is 0 Å². The highest BCUT2D eigenvalue weighted by Crippen LogP contribution is 2.17. The first-order valence-corrected chi connectivity index (χ1v) is 6.41. The largest absolute Gasteiger partial charge is 0.353 e. The van der Waals surface area contributed by atoms with Crippen molar-refractivity contribution < 1.29 is 4.79 Å². The van der Waals surface area contributed by atoms with Gasteiger partial charge in [-0.3, -0.25) is 4.79 Å². The molecule has 10 heteroatoms. The summed E-state index contributed by atoms with van der Waals surface area (Å²) in [4.78, 5) is 28.9. The van der Waals surface area contributed by atoms with Gasteiger partial charge in [0.2, 0.25) is 5.91 Å².